The Morgan fingerprint density at radius 1 is 1.53 bits per heavy atom. The van der Waals surface area contributed by atoms with Crippen LogP contribution in [0.3, 0.4) is 0 Å². The van der Waals surface area contributed by atoms with Crippen LogP contribution in [0.4, 0.5) is 0 Å². The molecule has 1 atom stereocenters. The van der Waals surface area contributed by atoms with E-state index in [2.05, 4.69) is 4.98 Å². The molecule has 90 valence electrons. The minimum Gasteiger partial charge on any atom is -0.376 e. The van der Waals surface area contributed by atoms with Crippen LogP contribution in [0.25, 0.3) is 11.0 Å². The molecule has 2 aromatic rings. The van der Waals surface area contributed by atoms with E-state index < -0.39 is 0 Å². The van der Waals surface area contributed by atoms with E-state index in [1.807, 2.05) is 25.1 Å². The van der Waals surface area contributed by atoms with Crippen molar-refractivity contribution >= 4 is 11.0 Å². The number of rotatable bonds is 2. The molecule has 0 saturated carbocycles. The average Bonchev–Trinajstić information content (AvgIpc) is 2.91. The topological polar surface area (TPSA) is 47.0 Å². The van der Waals surface area contributed by atoms with Crippen LogP contribution in [0.5, 0.6) is 0 Å². The van der Waals surface area contributed by atoms with Crippen LogP contribution in [-0.4, -0.2) is 22.3 Å². The number of aryl methyl sites for hydroxylation is 1. The minimum absolute atomic E-state index is 0.0372. The van der Waals surface area contributed by atoms with Crippen LogP contribution in [-0.2, 0) is 11.3 Å². The van der Waals surface area contributed by atoms with Gasteiger partial charge in [-0.05, 0) is 31.4 Å². The molecule has 4 heteroatoms. The molecular weight excluding hydrogens is 216 g/mol. The Balaban J connectivity index is 2.06. The first-order chi connectivity index (χ1) is 8.25. The lowest BCUT2D eigenvalue weighted by atomic mass is 10.2. The Morgan fingerprint density at radius 3 is 3.18 bits per heavy atom. The first-order valence-corrected chi connectivity index (χ1v) is 6.05. The van der Waals surface area contributed by atoms with Gasteiger partial charge in [-0.25, -0.2) is 4.79 Å². The van der Waals surface area contributed by atoms with Crippen molar-refractivity contribution in [3.8, 4) is 0 Å². The number of aromatic amines is 1. The molecule has 0 bridgehead atoms. The van der Waals surface area contributed by atoms with Crippen molar-refractivity contribution in [2.24, 2.45) is 0 Å². The Hall–Kier alpha value is -1.55. The minimum atomic E-state index is -0.0372. The highest BCUT2D eigenvalue weighted by Crippen LogP contribution is 2.18. The summed E-state index contributed by atoms with van der Waals surface area (Å²) >= 11 is 0. The number of H-pyrrole nitrogens is 1. The standard InChI is InChI=1S/C13H16N2O2/c1-9-4-2-6-11-12(9)14-13(16)15(11)8-10-5-3-7-17-10/h2,4,6,10H,3,5,7-8H2,1H3,(H,14,16). The molecule has 1 N–H and O–H groups in total. The van der Waals surface area contributed by atoms with Crippen molar-refractivity contribution in [1.82, 2.24) is 9.55 Å². The summed E-state index contributed by atoms with van der Waals surface area (Å²) in [6, 6.07) is 5.97. The number of aromatic nitrogens is 2. The molecule has 1 aromatic carbocycles. The summed E-state index contributed by atoms with van der Waals surface area (Å²) in [5, 5.41) is 0. The second kappa shape index (κ2) is 4.04. The lowest BCUT2D eigenvalue weighted by molar-refractivity contribution is 0.0972. The maximum absolute atomic E-state index is 11.9. The van der Waals surface area contributed by atoms with Crippen LogP contribution in [0.15, 0.2) is 23.0 Å². The Labute approximate surface area is 99.2 Å². The van der Waals surface area contributed by atoms with Crippen LogP contribution in [0.2, 0.25) is 0 Å². The third kappa shape index (κ3) is 1.78. The van der Waals surface area contributed by atoms with Gasteiger partial charge in [-0.2, -0.15) is 0 Å². The molecule has 2 heterocycles. The molecule has 0 radical (unpaired) electrons. The number of fused-ring (bicyclic) bond motifs is 1. The Morgan fingerprint density at radius 2 is 2.41 bits per heavy atom. The summed E-state index contributed by atoms with van der Waals surface area (Å²) in [4.78, 5) is 14.9. The predicted octanol–water partition coefficient (Wildman–Crippen LogP) is 1.82. The molecule has 1 aliphatic rings. The monoisotopic (exact) mass is 232 g/mol. The molecule has 0 amide bonds. The molecule has 3 rings (SSSR count). The summed E-state index contributed by atoms with van der Waals surface area (Å²) < 4.78 is 7.38. The highest BCUT2D eigenvalue weighted by molar-refractivity contribution is 5.78. The molecule has 1 fully saturated rings. The van der Waals surface area contributed by atoms with E-state index in [1.54, 1.807) is 4.57 Å². The van der Waals surface area contributed by atoms with Gasteiger partial charge in [0, 0.05) is 6.61 Å². The largest absolute Gasteiger partial charge is 0.376 e. The molecule has 0 spiro atoms. The molecule has 1 unspecified atom stereocenters. The predicted molar refractivity (Wildman–Crippen MR) is 66.3 cm³/mol. The van der Waals surface area contributed by atoms with E-state index in [0.717, 1.165) is 36.0 Å². The Bertz CT molecular complexity index is 591. The van der Waals surface area contributed by atoms with Gasteiger partial charge in [-0.15, -0.1) is 0 Å². The van der Waals surface area contributed by atoms with Crippen LogP contribution in [0.1, 0.15) is 18.4 Å². The van der Waals surface area contributed by atoms with E-state index >= 15 is 0 Å². The van der Waals surface area contributed by atoms with Crippen LogP contribution in [0, 0.1) is 6.92 Å². The molecule has 1 saturated heterocycles. The fourth-order valence-corrected chi connectivity index (χ4v) is 2.50. The van der Waals surface area contributed by atoms with Crippen molar-refractivity contribution in [2.45, 2.75) is 32.4 Å². The lowest BCUT2D eigenvalue weighted by Crippen LogP contribution is -2.24. The van der Waals surface area contributed by atoms with Gasteiger partial charge in [-0.1, -0.05) is 12.1 Å². The second-order valence-electron chi connectivity index (χ2n) is 4.64. The maximum Gasteiger partial charge on any atom is 0.326 e. The van der Waals surface area contributed by atoms with Crippen molar-refractivity contribution in [3.05, 3.63) is 34.2 Å². The average molecular weight is 232 g/mol. The molecule has 1 aromatic heterocycles. The van der Waals surface area contributed by atoms with Gasteiger partial charge in [0.15, 0.2) is 0 Å². The van der Waals surface area contributed by atoms with Gasteiger partial charge in [-0.3, -0.25) is 4.57 Å². The van der Waals surface area contributed by atoms with E-state index in [4.69, 9.17) is 4.74 Å². The van der Waals surface area contributed by atoms with Crippen molar-refractivity contribution in [2.75, 3.05) is 6.61 Å². The number of nitrogens with one attached hydrogen (secondary N) is 1. The van der Waals surface area contributed by atoms with E-state index in [-0.39, 0.29) is 11.8 Å². The zero-order valence-corrected chi connectivity index (χ0v) is 9.90. The van der Waals surface area contributed by atoms with E-state index in [1.165, 1.54) is 0 Å². The van der Waals surface area contributed by atoms with Gasteiger partial charge >= 0.3 is 5.69 Å². The maximum atomic E-state index is 11.9. The summed E-state index contributed by atoms with van der Waals surface area (Å²) in [7, 11) is 0. The second-order valence-corrected chi connectivity index (χ2v) is 4.64. The number of benzene rings is 1. The summed E-state index contributed by atoms with van der Waals surface area (Å²) in [5.74, 6) is 0. The van der Waals surface area contributed by atoms with Crippen molar-refractivity contribution < 1.29 is 4.74 Å². The van der Waals surface area contributed by atoms with Crippen LogP contribution < -0.4 is 5.69 Å². The molecule has 1 aliphatic heterocycles. The fourth-order valence-electron chi connectivity index (χ4n) is 2.50. The number of hydrogen-bond donors (Lipinski definition) is 1. The van der Waals surface area contributed by atoms with E-state index in [0.29, 0.717) is 6.54 Å². The summed E-state index contributed by atoms with van der Waals surface area (Å²) in [5.41, 5.74) is 2.98. The number of ether oxygens (including phenoxy) is 1. The lowest BCUT2D eigenvalue weighted by Gasteiger charge is -2.10. The number of imidazole rings is 1. The molecule has 17 heavy (non-hydrogen) atoms. The zero-order chi connectivity index (χ0) is 11.8. The Kier molecular flexibility index (Phi) is 2.52. The highest BCUT2D eigenvalue weighted by atomic mass is 16.5. The smallest absolute Gasteiger partial charge is 0.326 e. The van der Waals surface area contributed by atoms with Gasteiger partial charge in [0.1, 0.15) is 0 Å². The number of hydrogen-bond acceptors (Lipinski definition) is 2. The van der Waals surface area contributed by atoms with Gasteiger partial charge < -0.3 is 9.72 Å². The van der Waals surface area contributed by atoms with Gasteiger partial charge in [0.05, 0.1) is 23.7 Å². The quantitative estimate of drug-likeness (QED) is 0.858. The van der Waals surface area contributed by atoms with Gasteiger partial charge in [0.25, 0.3) is 0 Å². The SMILES string of the molecule is Cc1cccc2c1[nH]c(=O)n2CC1CCCO1. The summed E-state index contributed by atoms with van der Waals surface area (Å²) in [6.45, 7) is 3.48. The van der Waals surface area contributed by atoms with E-state index in [9.17, 15) is 4.79 Å². The molecule has 4 nitrogen and oxygen atoms in total. The van der Waals surface area contributed by atoms with Crippen molar-refractivity contribution in [3.63, 3.8) is 0 Å². The molecule has 0 aliphatic carbocycles. The number of para-hydroxylation sites is 1. The van der Waals surface area contributed by atoms with Gasteiger partial charge in [0.2, 0.25) is 0 Å². The first kappa shape index (κ1) is 10.6. The third-order valence-electron chi connectivity index (χ3n) is 3.43. The zero-order valence-electron chi connectivity index (χ0n) is 9.90. The fraction of sp³-hybridized carbons (Fsp3) is 0.462. The molecular formula is C13H16N2O2. The van der Waals surface area contributed by atoms with Crippen LogP contribution >= 0.6 is 0 Å². The summed E-state index contributed by atoms with van der Waals surface area (Å²) in [6.07, 6.45) is 2.33. The number of nitrogens with zero attached hydrogens (tertiary/aromatic N) is 1. The third-order valence-corrected chi connectivity index (χ3v) is 3.43. The highest BCUT2D eigenvalue weighted by Gasteiger charge is 2.18. The van der Waals surface area contributed by atoms with Crippen molar-refractivity contribution in [1.29, 1.82) is 0 Å². The normalized spacial score (nSPS) is 20.2. The first-order valence-electron chi connectivity index (χ1n) is 6.05.